The normalized spacial score (nSPS) is 15.4. The van der Waals surface area contributed by atoms with Gasteiger partial charge in [-0.3, -0.25) is 4.79 Å². The monoisotopic (exact) mass is 434 g/mol. The number of aryl methyl sites for hydroxylation is 1. The molecule has 1 aromatic heterocycles. The number of hydrogen-bond donors (Lipinski definition) is 1. The number of rotatable bonds is 4. The second-order valence-corrected chi connectivity index (χ2v) is 8.48. The van der Waals surface area contributed by atoms with E-state index < -0.39 is 0 Å². The highest BCUT2D eigenvalue weighted by Crippen LogP contribution is 2.26. The number of benzene rings is 2. The van der Waals surface area contributed by atoms with Crippen molar-refractivity contribution in [2.24, 2.45) is 0 Å². The van der Waals surface area contributed by atoms with E-state index in [1.165, 1.54) is 6.08 Å². The van der Waals surface area contributed by atoms with Crippen molar-refractivity contribution in [1.82, 2.24) is 9.88 Å². The van der Waals surface area contributed by atoms with Crippen molar-refractivity contribution in [3.05, 3.63) is 70.8 Å². The van der Waals surface area contributed by atoms with Gasteiger partial charge < -0.3 is 15.1 Å². The highest BCUT2D eigenvalue weighted by atomic mass is 35.5. The van der Waals surface area contributed by atoms with E-state index in [-0.39, 0.29) is 5.91 Å². The lowest BCUT2D eigenvalue weighted by molar-refractivity contribution is -0.111. The number of likely N-dealkylation sites (N-methyl/N-ethyl adjacent to an activating group) is 1. The zero-order chi connectivity index (χ0) is 21.8. The summed E-state index contributed by atoms with van der Waals surface area (Å²) in [5.41, 5.74) is 3.78. The van der Waals surface area contributed by atoms with Gasteiger partial charge in [-0.25, -0.2) is 4.98 Å². The van der Waals surface area contributed by atoms with Crippen LogP contribution in [0.4, 0.5) is 11.5 Å². The van der Waals surface area contributed by atoms with Crippen LogP contribution in [-0.2, 0) is 4.79 Å². The molecule has 160 valence electrons. The molecular weight excluding hydrogens is 408 g/mol. The third-order valence-electron chi connectivity index (χ3n) is 5.61. The lowest BCUT2D eigenvalue weighted by Gasteiger charge is -2.22. The van der Waals surface area contributed by atoms with E-state index in [1.807, 2.05) is 30.3 Å². The minimum absolute atomic E-state index is 0.176. The molecule has 1 aliphatic heterocycles. The second-order valence-electron chi connectivity index (χ2n) is 8.05. The SMILES string of the molecule is Cc1cc(N2CCCN(C)CC2)nc2ccc(NC(=O)/C=C\c3ccc(Cl)cc3)cc12. The van der Waals surface area contributed by atoms with E-state index in [0.29, 0.717) is 5.02 Å². The van der Waals surface area contributed by atoms with Gasteiger partial charge in [0.1, 0.15) is 5.82 Å². The molecule has 1 N–H and O–H groups in total. The number of hydrogen-bond acceptors (Lipinski definition) is 4. The minimum Gasteiger partial charge on any atom is -0.355 e. The zero-order valence-electron chi connectivity index (χ0n) is 17.9. The van der Waals surface area contributed by atoms with Gasteiger partial charge in [0.25, 0.3) is 0 Å². The molecule has 0 aliphatic carbocycles. The van der Waals surface area contributed by atoms with Crippen LogP contribution in [0.2, 0.25) is 5.02 Å². The van der Waals surface area contributed by atoms with Crippen LogP contribution in [0, 0.1) is 6.92 Å². The molecule has 31 heavy (non-hydrogen) atoms. The van der Waals surface area contributed by atoms with Crippen LogP contribution in [0.5, 0.6) is 0 Å². The maximum absolute atomic E-state index is 12.3. The summed E-state index contributed by atoms with van der Waals surface area (Å²) in [5.74, 6) is 0.855. The van der Waals surface area contributed by atoms with Gasteiger partial charge in [-0.15, -0.1) is 0 Å². The van der Waals surface area contributed by atoms with Gasteiger partial charge in [-0.05, 0) is 80.5 Å². The molecule has 0 unspecified atom stereocenters. The fourth-order valence-corrected chi connectivity index (χ4v) is 3.95. The number of carbonyl (C=O) groups is 1. The number of pyridine rings is 1. The number of fused-ring (bicyclic) bond motifs is 1. The predicted octanol–water partition coefficient (Wildman–Crippen LogP) is 4.99. The third-order valence-corrected chi connectivity index (χ3v) is 5.86. The average molecular weight is 435 g/mol. The first-order chi connectivity index (χ1) is 15.0. The molecule has 1 fully saturated rings. The van der Waals surface area contributed by atoms with Crippen molar-refractivity contribution in [3.8, 4) is 0 Å². The van der Waals surface area contributed by atoms with Crippen LogP contribution in [0.25, 0.3) is 17.0 Å². The summed E-state index contributed by atoms with van der Waals surface area (Å²) < 4.78 is 0. The standard InChI is InChI=1S/C25H27ClN4O/c1-18-16-24(30-13-3-12-29(2)14-15-30)28-23-10-9-21(17-22(18)23)27-25(31)11-6-19-4-7-20(26)8-5-19/h4-11,16-17H,3,12-15H2,1-2H3,(H,27,31)/b11-6-. The molecule has 0 atom stereocenters. The van der Waals surface area contributed by atoms with Gasteiger partial charge in [-0.2, -0.15) is 0 Å². The predicted molar refractivity (Wildman–Crippen MR) is 130 cm³/mol. The van der Waals surface area contributed by atoms with E-state index in [2.05, 4.69) is 35.2 Å². The number of halogens is 1. The lowest BCUT2D eigenvalue weighted by Crippen LogP contribution is -2.29. The molecule has 0 spiro atoms. The van der Waals surface area contributed by atoms with E-state index in [4.69, 9.17) is 16.6 Å². The van der Waals surface area contributed by atoms with Crippen LogP contribution in [0.1, 0.15) is 17.5 Å². The highest BCUT2D eigenvalue weighted by molar-refractivity contribution is 6.30. The fraction of sp³-hybridized carbons (Fsp3) is 0.280. The Morgan fingerprint density at radius 1 is 1.06 bits per heavy atom. The highest BCUT2D eigenvalue weighted by Gasteiger charge is 2.15. The summed E-state index contributed by atoms with van der Waals surface area (Å²) in [6.07, 6.45) is 4.44. The Labute approximate surface area is 188 Å². The van der Waals surface area contributed by atoms with Crippen LogP contribution in [-0.4, -0.2) is 49.0 Å². The number of nitrogens with zero attached hydrogens (tertiary/aromatic N) is 3. The largest absolute Gasteiger partial charge is 0.355 e. The van der Waals surface area contributed by atoms with E-state index in [1.54, 1.807) is 18.2 Å². The van der Waals surface area contributed by atoms with E-state index >= 15 is 0 Å². The van der Waals surface area contributed by atoms with Crippen molar-refractivity contribution in [2.45, 2.75) is 13.3 Å². The summed E-state index contributed by atoms with van der Waals surface area (Å²) >= 11 is 5.90. The topological polar surface area (TPSA) is 48.5 Å². The zero-order valence-corrected chi connectivity index (χ0v) is 18.7. The molecule has 1 saturated heterocycles. The van der Waals surface area contributed by atoms with Crippen LogP contribution < -0.4 is 10.2 Å². The number of anilines is 2. The Kier molecular flexibility index (Phi) is 6.54. The number of nitrogens with one attached hydrogen (secondary N) is 1. The Balaban J connectivity index is 1.49. The van der Waals surface area contributed by atoms with Gasteiger partial charge in [0.2, 0.25) is 5.91 Å². The molecule has 0 bridgehead atoms. The summed E-state index contributed by atoms with van der Waals surface area (Å²) in [6.45, 7) is 6.29. The first-order valence-corrected chi connectivity index (χ1v) is 11.0. The van der Waals surface area contributed by atoms with E-state index in [9.17, 15) is 4.79 Å². The second kappa shape index (κ2) is 9.50. The molecule has 3 aromatic rings. The molecule has 0 saturated carbocycles. The molecule has 2 heterocycles. The Bertz CT molecular complexity index is 1110. The van der Waals surface area contributed by atoms with Crippen LogP contribution in [0.3, 0.4) is 0 Å². The summed E-state index contributed by atoms with van der Waals surface area (Å²) in [7, 11) is 2.17. The van der Waals surface area contributed by atoms with Gasteiger partial charge in [0, 0.05) is 41.8 Å². The lowest BCUT2D eigenvalue weighted by atomic mass is 10.1. The van der Waals surface area contributed by atoms with Gasteiger partial charge in [0.15, 0.2) is 0 Å². The first-order valence-electron chi connectivity index (χ1n) is 10.6. The fourth-order valence-electron chi connectivity index (χ4n) is 3.82. The summed E-state index contributed by atoms with van der Waals surface area (Å²) in [5, 5.41) is 4.66. The Morgan fingerprint density at radius 3 is 2.68 bits per heavy atom. The number of amides is 1. The van der Waals surface area contributed by atoms with E-state index in [0.717, 1.165) is 66.1 Å². The first kappa shape index (κ1) is 21.3. The van der Waals surface area contributed by atoms with Crippen molar-refractivity contribution >= 4 is 46.0 Å². The average Bonchev–Trinajstić information content (AvgIpc) is 2.98. The van der Waals surface area contributed by atoms with Crippen molar-refractivity contribution < 1.29 is 4.79 Å². The molecule has 0 radical (unpaired) electrons. The molecular formula is C25H27ClN4O. The van der Waals surface area contributed by atoms with Crippen LogP contribution >= 0.6 is 11.6 Å². The maximum Gasteiger partial charge on any atom is 0.248 e. The molecule has 4 rings (SSSR count). The number of aromatic nitrogens is 1. The molecule has 1 aliphatic rings. The molecule has 6 heteroatoms. The molecule has 2 aromatic carbocycles. The van der Waals surface area contributed by atoms with Gasteiger partial charge >= 0.3 is 0 Å². The van der Waals surface area contributed by atoms with Crippen molar-refractivity contribution in [2.75, 3.05) is 43.4 Å². The third kappa shape index (κ3) is 5.43. The van der Waals surface area contributed by atoms with Gasteiger partial charge in [0.05, 0.1) is 5.52 Å². The Morgan fingerprint density at radius 2 is 1.87 bits per heavy atom. The maximum atomic E-state index is 12.3. The quantitative estimate of drug-likeness (QED) is 0.587. The van der Waals surface area contributed by atoms with Crippen LogP contribution in [0.15, 0.2) is 54.6 Å². The molecule has 1 amide bonds. The number of carbonyl (C=O) groups excluding carboxylic acids is 1. The summed E-state index contributed by atoms with van der Waals surface area (Å²) in [6, 6.07) is 15.4. The van der Waals surface area contributed by atoms with Gasteiger partial charge in [-0.1, -0.05) is 23.7 Å². The van der Waals surface area contributed by atoms with Crippen molar-refractivity contribution in [1.29, 1.82) is 0 Å². The minimum atomic E-state index is -0.176. The smallest absolute Gasteiger partial charge is 0.248 e. The Hall–Kier alpha value is -2.89. The molecule has 5 nitrogen and oxygen atoms in total. The summed E-state index contributed by atoms with van der Waals surface area (Å²) in [4.78, 5) is 22.0. The van der Waals surface area contributed by atoms with Crippen molar-refractivity contribution in [3.63, 3.8) is 0 Å².